The normalized spacial score (nSPS) is 15.0. The lowest BCUT2D eigenvalue weighted by Crippen LogP contribution is -2.48. The van der Waals surface area contributed by atoms with E-state index in [1.165, 1.54) is 24.3 Å². The van der Waals surface area contributed by atoms with Crippen molar-refractivity contribution < 1.29 is 22.9 Å². The highest BCUT2D eigenvalue weighted by molar-refractivity contribution is 5.92. The number of hydrogen-bond acceptors (Lipinski definition) is 4. The number of halogens is 3. The number of carbonyl (C=O) groups is 1. The Morgan fingerprint density at radius 2 is 1.72 bits per heavy atom. The van der Waals surface area contributed by atoms with Gasteiger partial charge in [0.25, 0.3) is 5.69 Å². The number of carbonyl (C=O) groups excluding carboxylic acids is 1. The number of nitro groups is 1. The molecule has 0 radical (unpaired) electrons. The van der Waals surface area contributed by atoms with E-state index < -0.39 is 16.7 Å². The molecule has 0 aromatic heterocycles. The molecule has 9 heteroatoms. The van der Waals surface area contributed by atoms with E-state index in [1.807, 2.05) is 0 Å². The zero-order valence-electron chi connectivity index (χ0n) is 15.3. The molecule has 2 aromatic rings. The Morgan fingerprint density at radius 1 is 1.03 bits per heavy atom. The van der Waals surface area contributed by atoms with Gasteiger partial charge in [0.2, 0.25) is 5.91 Å². The van der Waals surface area contributed by atoms with Crippen molar-refractivity contribution in [3.63, 3.8) is 0 Å². The van der Waals surface area contributed by atoms with Crippen molar-refractivity contribution in [3.05, 3.63) is 75.8 Å². The predicted octanol–water partition coefficient (Wildman–Crippen LogP) is 3.98. The van der Waals surface area contributed by atoms with Gasteiger partial charge in [-0.3, -0.25) is 14.9 Å². The van der Waals surface area contributed by atoms with Crippen LogP contribution < -0.4 is 4.90 Å². The number of amides is 1. The summed E-state index contributed by atoms with van der Waals surface area (Å²) in [6, 6.07) is 11.2. The van der Waals surface area contributed by atoms with Crippen molar-refractivity contribution in [2.24, 2.45) is 0 Å². The van der Waals surface area contributed by atoms with Gasteiger partial charge in [-0.05, 0) is 30.3 Å². The lowest BCUT2D eigenvalue weighted by Gasteiger charge is -2.35. The molecule has 0 saturated carbocycles. The van der Waals surface area contributed by atoms with Crippen LogP contribution in [0.2, 0.25) is 0 Å². The first-order chi connectivity index (χ1) is 13.8. The molecule has 29 heavy (non-hydrogen) atoms. The van der Waals surface area contributed by atoms with Gasteiger partial charge in [-0.15, -0.1) is 0 Å². The van der Waals surface area contributed by atoms with Gasteiger partial charge in [0.1, 0.15) is 0 Å². The quantitative estimate of drug-likeness (QED) is 0.439. The van der Waals surface area contributed by atoms with Crippen molar-refractivity contribution in [3.8, 4) is 0 Å². The van der Waals surface area contributed by atoms with Gasteiger partial charge in [0, 0.05) is 44.0 Å². The van der Waals surface area contributed by atoms with E-state index in [0.717, 1.165) is 12.1 Å². The fourth-order valence-electron chi connectivity index (χ4n) is 3.13. The average molecular weight is 405 g/mol. The first-order valence-electron chi connectivity index (χ1n) is 8.88. The van der Waals surface area contributed by atoms with Crippen molar-refractivity contribution in [1.82, 2.24) is 4.90 Å². The maximum absolute atomic E-state index is 12.9. The molecule has 6 nitrogen and oxygen atoms in total. The number of benzene rings is 2. The van der Waals surface area contributed by atoms with Gasteiger partial charge in [0.05, 0.1) is 16.1 Å². The van der Waals surface area contributed by atoms with Crippen LogP contribution in [0.5, 0.6) is 0 Å². The van der Waals surface area contributed by atoms with Crippen molar-refractivity contribution >= 4 is 23.4 Å². The Labute approximate surface area is 165 Å². The molecule has 1 aliphatic heterocycles. The Hall–Kier alpha value is -3.36. The monoisotopic (exact) mass is 405 g/mol. The minimum atomic E-state index is -4.40. The number of alkyl halides is 3. The maximum atomic E-state index is 12.9. The van der Waals surface area contributed by atoms with Crippen molar-refractivity contribution in [2.75, 3.05) is 31.1 Å². The van der Waals surface area contributed by atoms with Gasteiger partial charge in [0.15, 0.2) is 0 Å². The molecule has 3 rings (SSSR count). The summed E-state index contributed by atoms with van der Waals surface area (Å²) in [5.41, 5.74) is -0.0114. The minimum Gasteiger partial charge on any atom is -0.368 e. The lowest BCUT2D eigenvalue weighted by atomic mass is 10.1. The standard InChI is InChI=1S/C20H18F3N3O3/c21-20(22,23)16-5-3-6-17(14-16)24-10-12-25(13-11-24)19(27)9-8-15-4-1-2-7-18(15)26(28)29/h1-9,14H,10-13H2/b9-8-. The largest absolute Gasteiger partial charge is 0.416 e. The summed E-state index contributed by atoms with van der Waals surface area (Å²) in [5.74, 6) is -0.299. The van der Waals surface area contributed by atoms with E-state index in [2.05, 4.69) is 0 Å². The van der Waals surface area contributed by atoms with E-state index >= 15 is 0 Å². The molecular formula is C20H18F3N3O3. The molecule has 1 fully saturated rings. The van der Waals surface area contributed by atoms with Crippen LogP contribution in [0.25, 0.3) is 6.08 Å². The average Bonchev–Trinajstić information content (AvgIpc) is 2.71. The molecular weight excluding hydrogens is 387 g/mol. The SMILES string of the molecule is O=C(/C=C\c1ccccc1[N+](=O)[O-])N1CCN(c2cccc(C(F)(F)F)c2)CC1. The van der Waals surface area contributed by atoms with E-state index in [-0.39, 0.29) is 11.6 Å². The molecule has 0 bridgehead atoms. The highest BCUT2D eigenvalue weighted by Crippen LogP contribution is 2.31. The summed E-state index contributed by atoms with van der Waals surface area (Å²) >= 11 is 0. The highest BCUT2D eigenvalue weighted by Gasteiger charge is 2.31. The lowest BCUT2D eigenvalue weighted by molar-refractivity contribution is -0.385. The number of nitrogens with zero attached hydrogens (tertiary/aromatic N) is 3. The van der Waals surface area contributed by atoms with Gasteiger partial charge in [-0.2, -0.15) is 13.2 Å². The van der Waals surface area contributed by atoms with Crippen LogP contribution in [-0.4, -0.2) is 41.9 Å². The van der Waals surface area contributed by atoms with Crippen LogP contribution in [0.4, 0.5) is 24.5 Å². The Morgan fingerprint density at radius 3 is 2.38 bits per heavy atom. The number of nitro benzene ring substituents is 1. The fourth-order valence-corrected chi connectivity index (χ4v) is 3.13. The summed E-state index contributed by atoms with van der Waals surface area (Å²) in [6.07, 6.45) is -1.72. The first kappa shape index (κ1) is 20.4. The third-order valence-electron chi connectivity index (χ3n) is 4.67. The molecule has 0 unspecified atom stereocenters. The number of para-hydroxylation sites is 1. The van der Waals surface area contributed by atoms with Crippen LogP contribution in [0, 0.1) is 10.1 Å². The van der Waals surface area contributed by atoms with E-state index in [0.29, 0.717) is 37.4 Å². The second-order valence-corrected chi connectivity index (χ2v) is 6.51. The topological polar surface area (TPSA) is 66.7 Å². The zero-order valence-corrected chi connectivity index (χ0v) is 15.3. The molecule has 0 atom stereocenters. The van der Waals surface area contributed by atoms with E-state index in [4.69, 9.17) is 0 Å². The molecule has 1 saturated heterocycles. The molecule has 1 heterocycles. The smallest absolute Gasteiger partial charge is 0.368 e. The Kier molecular flexibility index (Phi) is 5.86. The van der Waals surface area contributed by atoms with Crippen molar-refractivity contribution in [1.29, 1.82) is 0 Å². The Bertz CT molecular complexity index is 936. The third kappa shape index (κ3) is 4.92. The van der Waals surface area contributed by atoms with Crippen LogP contribution in [-0.2, 0) is 11.0 Å². The molecule has 1 aliphatic rings. The predicted molar refractivity (Wildman–Crippen MR) is 102 cm³/mol. The minimum absolute atomic E-state index is 0.0917. The Balaban J connectivity index is 1.63. The van der Waals surface area contributed by atoms with Crippen LogP contribution >= 0.6 is 0 Å². The summed E-state index contributed by atoms with van der Waals surface area (Å²) < 4.78 is 38.7. The second kappa shape index (κ2) is 8.34. The molecule has 152 valence electrons. The van der Waals surface area contributed by atoms with Gasteiger partial charge >= 0.3 is 6.18 Å². The van der Waals surface area contributed by atoms with Crippen molar-refractivity contribution in [2.45, 2.75) is 6.18 Å². The van der Waals surface area contributed by atoms with Gasteiger partial charge in [-0.1, -0.05) is 18.2 Å². The summed E-state index contributed by atoms with van der Waals surface area (Å²) in [4.78, 5) is 26.3. The third-order valence-corrected chi connectivity index (χ3v) is 4.67. The number of anilines is 1. The fraction of sp³-hybridized carbons (Fsp3) is 0.250. The second-order valence-electron chi connectivity index (χ2n) is 6.51. The maximum Gasteiger partial charge on any atom is 0.416 e. The highest BCUT2D eigenvalue weighted by atomic mass is 19.4. The summed E-state index contributed by atoms with van der Waals surface area (Å²) in [5, 5.41) is 11.0. The van der Waals surface area contributed by atoms with Crippen LogP contribution in [0.1, 0.15) is 11.1 Å². The molecule has 0 spiro atoms. The van der Waals surface area contributed by atoms with Crippen LogP contribution in [0.3, 0.4) is 0 Å². The molecule has 1 amide bonds. The first-order valence-corrected chi connectivity index (χ1v) is 8.88. The van der Waals surface area contributed by atoms with E-state index in [1.54, 1.807) is 34.1 Å². The zero-order chi connectivity index (χ0) is 21.0. The molecule has 2 aromatic carbocycles. The number of rotatable bonds is 4. The number of piperazine rings is 1. The number of hydrogen-bond donors (Lipinski definition) is 0. The molecule has 0 N–H and O–H groups in total. The summed E-state index contributed by atoms with van der Waals surface area (Å²) in [6.45, 7) is 1.48. The van der Waals surface area contributed by atoms with E-state index in [9.17, 15) is 28.1 Å². The van der Waals surface area contributed by atoms with Crippen LogP contribution in [0.15, 0.2) is 54.6 Å². The molecule has 0 aliphatic carbocycles. The van der Waals surface area contributed by atoms with Gasteiger partial charge < -0.3 is 9.80 Å². The summed E-state index contributed by atoms with van der Waals surface area (Å²) in [7, 11) is 0. The van der Waals surface area contributed by atoms with Gasteiger partial charge in [-0.25, -0.2) is 0 Å².